The predicted molar refractivity (Wildman–Crippen MR) is 136 cm³/mol. The molecule has 33 heavy (non-hydrogen) atoms. The quantitative estimate of drug-likeness (QED) is 0.347. The van der Waals surface area contributed by atoms with Crippen LogP contribution in [0.1, 0.15) is 77.2 Å². The van der Waals surface area contributed by atoms with Crippen molar-refractivity contribution in [3.05, 3.63) is 70.3 Å². The number of hydrogen-bond acceptors (Lipinski definition) is 3. The largest absolute Gasteiger partial charge is 0.333 e. The molecule has 0 radical (unpaired) electrons. The summed E-state index contributed by atoms with van der Waals surface area (Å²) in [5.74, 6) is 0.996. The van der Waals surface area contributed by atoms with Gasteiger partial charge in [0.1, 0.15) is 5.82 Å². The van der Waals surface area contributed by atoms with Gasteiger partial charge in [0.15, 0.2) is 0 Å². The summed E-state index contributed by atoms with van der Waals surface area (Å²) in [4.78, 5) is 33.8. The third kappa shape index (κ3) is 5.89. The molecule has 2 aromatic carbocycles. The fourth-order valence-corrected chi connectivity index (χ4v) is 4.30. The second kappa shape index (κ2) is 11.3. The van der Waals surface area contributed by atoms with E-state index in [1.807, 2.05) is 67.3 Å². The maximum atomic E-state index is 13.7. The number of carbonyl (C=O) groups is 1. The SMILES string of the molecule is CCCCCCN(C(=O)CC(C)C)C(C)c1nc2ccccc2c(=O)n1-c1cccc(C)c1. The van der Waals surface area contributed by atoms with Crippen LogP contribution in [0.4, 0.5) is 0 Å². The zero-order valence-electron chi connectivity index (χ0n) is 20.7. The van der Waals surface area contributed by atoms with Crippen LogP contribution < -0.4 is 5.56 Å². The zero-order chi connectivity index (χ0) is 24.0. The first-order chi connectivity index (χ1) is 15.8. The fourth-order valence-electron chi connectivity index (χ4n) is 4.30. The molecule has 0 aliphatic heterocycles. The van der Waals surface area contributed by atoms with E-state index in [4.69, 9.17) is 4.98 Å². The third-order valence-corrected chi connectivity index (χ3v) is 6.06. The van der Waals surface area contributed by atoms with Crippen LogP contribution in [0.15, 0.2) is 53.3 Å². The summed E-state index contributed by atoms with van der Waals surface area (Å²) in [5.41, 5.74) is 2.41. The molecule has 1 unspecified atom stereocenters. The van der Waals surface area contributed by atoms with Gasteiger partial charge < -0.3 is 4.90 Å². The maximum Gasteiger partial charge on any atom is 0.266 e. The number of aryl methyl sites for hydroxylation is 1. The summed E-state index contributed by atoms with van der Waals surface area (Å²) in [7, 11) is 0. The molecule has 3 aromatic rings. The van der Waals surface area contributed by atoms with Gasteiger partial charge >= 0.3 is 0 Å². The Morgan fingerprint density at radius 1 is 1.03 bits per heavy atom. The first kappa shape index (κ1) is 24.7. The molecular formula is C28H37N3O2. The van der Waals surface area contributed by atoms with Gasteiger partial charge in [0.2, 0.25) is 5.91 Å². The molecule has 0 saturated heterocycles. The minimum atomic E-state index is -0.323. The van der Waals surface area contributed by atoms with Crippen molar-refractivity contribution in [3.8, 4) is 5.69 Å². The molecule has 3 rings (SSSR count). The summed E-state index contributed by atoms with van der Waals surface area (Å²) in [6.45, 7) is 11.0. The fraction of sp³-hybridized carbons (Fsp3) is 0.464. The second-order valence-corrected chi connectivity index (χ2v) is 9.39. The highest BCUT2D eigenvalue weighted by atomic mass is 16.2. The number of aromatic nitrogens is 2. The molecule has 1 atom stereocenters. The number of fused-ring (bicyclic) bond motifs is 1. The van der Waals surface area contributed by atoms with E-state index in [0.29, 0.717) is 29.7 Å². The van der Waals surface area contributed by atoms with Gasteiger partial charge in [0.05, 0.1) is 22.6 Å². The van der Waals surface area contributed by atoms with Crippen molar-refractivity contribution in [2.24, 2.45) is 5.92 Å². The Hall–Kier alpha value is -2.95. The van der Waals surface area contributed by atoms with Gasteiger partial charge in [0.25, 0.3) is 5.56 Å². The van der Waals surface area contributed by atoms with Crippen molar-refractivity contribution in [2.75, 3.05) is 6.54 Å². The van der Waals surface area contributed by atoms with Crippen LogP contribution in [0.3, 0.4) is 0 Å². The molecule has 5 heteroatoms. The molecule has 0 N–H and O–H groups in total. The summed E-state index contributed by atoms with van der Waals surface area (Å²) >= 11 is 0. The summed E-state index contributed by atoms with van der Waals surface area (Å²) in [6, 6.07) is 15.0. The van der Waals surface area contributed by atoms with E-state index in [-0.39, 0.29) is 23.4 Å². The van der Waals surface area contributed by atoms with Gasteiger partial charge in [-0.15, -0.1) is 0 Å². The van der Waals surface area contributed by atoms with Crippen LogP contribution in [0.5, 0.6) is 0 Å². The minimum absolute atomic E-state index is 0.102. The van der Waals surface area contributed by atoms with Crippen molar-refractivity contribution in [3.63, 3.8) is 0 Å². The first-order valence-corrected chi connectivity index (χ1v) is 12.2. The van der Waals surface area contributed by atoms with Gasteiger partial charge in [-0.25, -0.2) is 4.98 Å². The first-order valence-electron chi connectivity index (χ1n) is 12.2. The highest BCUT2D eigenvalue weighted by Crippen LogP contribution is 2.25. The normalized spacial score (nSPS) is 12.3. The van der Waals surface area contributed by atoms with Crippen LogP contribution >= 0.6 is 0 Å². The van der Waals surface area contributed by atoms with E-state index in [9.17, 15) is 9.59 Å². The van der Waals surface area contributed by atoms with Gasteiger partial charge in [-0.1, -0.05) is 64.3 Å². The van der Waals surface area contributed by atoms with Crippen LogP contribution in [-0.4, -0.2) is 26.9 Å². The average molecular weight is 448 g/mol. The Bertz CT molecular complexity index is 1150. The lowest BCUT2D eigenvalue weighted by atomic mass is 10.1. The molecule has 1 amide bonds. The Balaban J connectivity index is 2.14. The Kier molecular flexibility index (Phi) is 8.43. The van der Waals surface area contributed by atoms with Crippen molar-refractivity contribution in [1.82, 2.24) is 14.5 Å². The van der Waals surface area contributed by atoms with Crippen LogP contribution in [0.25, 0.3) is 16.6 Å². The third-order valence-electron chi connectivity index (χ3n) is 6.06. The number of hydrogen-bond donors (Lipinski definition) is 0. The van der Waals surface area contributed by atoms with Gasteiger partial charge in [0, 0.05) is 13.0 Å². The monoisotopic (exact) mass is 447 g/mol. The molecule has 1 heterocycles. The Labute approximate surface area is 197 Å². The minimum Gasteiger partial charge on any atom is -0.333 e. The lowest BCUT2D eigenvalue weighted by molar-refractivity contribution is -0.134. The molecule has 0 bridgehead atoms. The Morgan fingerprint density at radius 3 is 2.48 bits per heavy atom. The number of unbranched alkanes of at least 4 members (excludes halogenated alkanes) is 3. The number of carbonyl (C=O) groups excluding carboxylic acids is 1. The lowest BCUT2D eigenvalue weighted by Gasteiger charge is -2.31. The molecule has 0 aliphatic carbocycles. The van der Waals surface area contributed by atoms with Crippen molar-refractivity contribution in [2.45, 2.75) is 72.8 Å². The maximum absolute atomic E-state index is 13.7. The van der Waals surface area contributed by atoms with Crippen LogP contribution in [0, 0.1) is 12.8 Å². The standard InChI is InChI=1S/C28H37N3O2/c1-6-7-8-11-17-30(26(32)18-20(2)3)22(5)27-29-25-16-10-9-15-24(25)28(33)31(27)23-14-12-13-21(4)19-23/h9-10,12-16,19-20,22H,6-8,11,17-18H2,1-5H3. The van der Waals surface area contributed by atoms with Crippen molar-refractivity contribution in [1.29, 1.82) is 0 Å². The zero-order valence-corrected chi connectivity index (χ0v) is 20.7. The molecule has 0 spiro atoms. The molecule has 0 aliphatic rings. The van der Waals surface area contributed by atoms with Crippen molar-refractivity contribution < 1.29 is 4.79 Å². The average Bonchev–Trinajstić information content (AvgIpc) is 2.78. The predicted octanol–water partition coefficient (Wildman–Crippen LogP) is 6.21. The van der Waals surface area contributed by atoms with Gasteiger partial charge in [-0.3, -0.25) is 14.2 Å². The second-order valence-electron chi connectivity index (χ2n) is 9.39. The van der Waals surface area contributed by atoms with E-state index >= 15 is 0 Å². The topological polar surface area (TPSA) is 55.2 Å². The highest BCUT2D eigenvalue weighted by molar-refractivity contribution is 5.79. The van der Waals surface area contributed by atoms with E-state index < -0.39 is 0 Å². The van der Waals surface area contributed by atoms with E-state index in [1.54, 1.807) is 4.57 Å². The summed E-state index contributed by atoms with van der Waals surface area (Å²) in [6.07, 6.45) is 4.83. The highest BCUT2D eigenvalue weighted by Gasteiger charge is 2.27. The van der Waals surface area contributed by atoms with E-state index in [0.717, 1.165) is 36.9 Å². The van der Waals surface area contributed by atoms with E-state index in [2.05, 4.69) is 20.8 Å². The summed E-state index contributed by atoms with van der Waals surface area (Å²) in [5, 5.41) is 0.581. The molecule has 0 saturated carbocycles. The van der Waals surface area contributed by atoms with E-state index in [1.165, 1.54) is 0 Å². The molecular weight excluding hydrogens is 410 g/mol. The van der Waals surface area contributed by atoms with Crippen molar-refractivity contribution >= 4 is 16.8 Å². The number of rotatable bonds is 10. The van der Waals surface area contributed by atoms with Gasteiger partial charge in [-0.2, -0.15) is 0 Å². The number of benzene rings is 2. The molecule has 1 aromatic heterocycles. The molecule has 176 valence electrons. The van der Waals surface area contributed by atoms with Gasteiger partial charge in [-0.05, 0) is 56.0 Å². The van der Waals surface area contributed by atoms with Crippen LogP contribution in [0.2, 0.25) is 0 Å². The van der Waals surface area contributed by atoms with Crippen LogP contribution in [-0.2, 0) is 4.79 Å². The lowest BCUT2D eigenvalue weighted by Crippen LogP contribution is -2.38. The molecule has 5 nitrogen and oxygen atoms in total. The molecule has 0 fully saturated rings. The Morgan fingerprint density at radius 2 is 1.79 bits per heavy atom. The number of nitrogens with zero attached hydrogens (tertiary/aromatic N) is 3. The summed E-state index contributed by atoms with van der Waals surface area (Å²) < 4.78 is 1.70. The smallest absolute Gasteiger partial charge is 0.266 e. The number of para-hydroxylation sites is 1. The number of amides is 1.